The molecule has 2 N–H and O–H groups in total. The van der Waals surface area contributed by atoms with Crippen molar-refractivity contribution in [2.45, 2.75) is 6.42 Å². The fourth-order valence-corrected chi connectivity index (χ4v) is 2.38. The second kappa shape index (κ2) is 7.61. The summed E-state index contributed by atoms with van der Waals surface area (Å²) in [4.78, 5) is 8.65. The monoisotopic (exact) mass is 324 g/mol. The average molecular weight is 325 g/mol. The van der Waals surface area contributed by atoms with Gasteiger partial charge in [-0.1, -0.05) is 60.1 Å². The van der Waals surface area contributed by atoms with Crippen LogP contribution in [0, 0.1) is 0 Å². The van der Waals surface area contributed by atoms with Crippen LogP contribution in [0.5, 0.6) is 0 Å². The van der Waals surface area contributed by atoms with Gasteiger partial charge in [-0.15, -0.1) is 0 Å². The van der Waals surface area contributed by atoms with Gasteiger partial charge < -0.3 is 10.6 Å². The van der Waals surface area contributed by atoms with Crippen molar-refractivity contribution in [3.8, 4) is 0 Å². The smallest absolute Gasteiger partial charge is 0.226 e. The maximum Gasteiger partial charge on any atom is 0.226 e. The molecular weight excluding hydrogens is 308 g/mol. The number of nitrogens with zero attached hydrogens (tertiary/aromatic N) is 2. The lowest BCUT2D eigenvalue weighted by Gasteiger charge is -2.09. The van der Waals surface area contributed by atoms with E-state index in [-0.39, 0.29) is 0 Å². The Kier molecular flexibility index (Phi) is 5.06. The van der Waals surface area contributed by atoms with E-state index in [2.05, 4.69) is 32.7 Å². The number of para-hydroxylation sites is 1. The standard InChI is InChI=1S/C18H17ClN4/c19-16-13-17(21-15-9-5-2-6-10-15)23-18(22-16)20-12-11-14-7-3-1-4-8-14/h1-10,13H,11-12H2,(H2,20,21,22,23). The van der Waals surface area contributed by atoms with Gasteiger partial charge in [-0.2, -0.15) is 4.98 Å². The molecule has 0 fully saturated rings. The molecule has 23 heavy (non-hydrogen) atoms. The van der Waals surface area contributed by atoms with Crippen LogP contribution >= 0.6 is 11.6 Å². The predicted molar refractivity (Wildman–Crippen MR) is 95.4 cm³/mol. The molecule has 0 bridgehead atoms. The first kappa shape index (κ1) is 15.3. The van der Waals surface area contributed by atoms with E-state index in [1.165, 1.54) is 5.56 Å². The first-order chi connectivity index (χ1) is 11.3. The van der Waals surface area contributed by atoms with Gasteiger partial charge in [-0.25, -0.2) is 4.98 Å². The highest BCUT2D eigenvalue weighted by Crippen LogP contribution is 2.18. The Morgan fingerprint density at radius 1 is 0.870 bits per heavy atom. The van der Waals surface area contributed by atoms with Gasteiger partial charge in [0, 0.05) is 18.3 Å². The molecule has 0 unspecified atom stereocenters. The lowest BCUT2D eigenvalue weighted by Crippen LogP contribution is -2.09. The molecule has 0 saturated heterocycles. The summed E-state index contributed by atoms with van der Waals surface area (Å²) in [6, 6.07) is 21.8. The molecule has 1 heterocycles. The highest BCUT2D eigenvalue weighted by atomic mass is 35.5. The highest BCUT2D eigenvalue weighted by molar-refractivity contribution is 6.29. The zero-order valence-corrected chi connectivity index (χ0v) is 13.3. The minimum atomic E-state index is 0.403. The van der Waals surface area contributed by atoms with Gasteiger partial charge in [0.15, 0.2) is 0 Å². The van der Waals surface area contributed by atoms with Crippen LogP contribution in [-0.4, -0.2) is 16.5 Å². The van der Waals surface area contributed by atoms with E-state index < -0.39 is 0 Å². The molecule has 116 valence electrons. The number of anilines is 3. The van der Waals surface area contributed by atoms with Crippen molar-refractivity contribution in [3.63, 3.8) is 0 Å². The van der Waals surface area contributed by atoms with Crippen molar-refractivity contribution in [2.24, 2.45) is 0 Å². The molecule has 3 rings (SSSR count). The Morgan fingerprint density at radius 3 is 2.30 bits per heavy atom. The third-order valence-electron chi connectivity index (χ3n) is 3.28. The topological polar surface area (TPSA) is 49.8 Å². The zero-order valence-electron chi connectivity index (χ0n) is 12.5. The van der Waals surface area contributed by atoms with Gasteiger partial charge in [-0.3, -0.25) is 0 Å². The molecule has 5 heteroatoms. The van der Waals surface area contributed by atoms with Crippen LogP contribution < -0.4 is 10.6 Å². The summed E-state index contributed by atoms with van der Waals surface area (Å²) in [5.74, 6) is 1.19. The van der Waals surface area contributed by atoms with Gasteiger partial charge in [0.2, 0.25) is 5.95 Å². The number of rotatable bonds is 6. The SMILES string of the molecule is Clc1cc(Nc2ccccc2)nc(NCCc2ccccc2)n1. The molecular formula is C18H17ClN4. The largest absolute Gasteiger partial charge is 0.354 e. The molecule has 0 aliphatic rings. The van der Waals surface area contributed by atoms with Crippen LogP contribution in [0.3, 0.4) is 0 Å². The molecule has 0 aliphatic carbocycles. The van der Waals surface area contributed by atoms with Gasteiger partial charge in [0.05, 0.1) is 0 Å². The summed E-state index contributed by atoms with van der Waals surface area (Å²) < 4.78 is 0. The molecule has 4 nitrogen and oxygen atoms in total. The zero-order chi connectivity index (χ0) is 15.9. The first-order valence-electron chi connectivity index (χ1n) is 7.44. The Bertz CT molecular complexity index is 747. The van der Waals surface area contributed by atoms with Crippen molar-refractivity contribution in [1.82, 2.24) is 9.97 Å². The number of aromatic nitrogens is 2. The summed E-state index contributed by atoms with van der Waals surface area (Å²) in [6.07, 6.45) is 0.901. The fraction of sp³-hybridized carbons (Fsp3) is 0.111. The van der Waals surface area contributed by atoms with Crippen LogP contribution in [0.25, 0.3) is 0 Å². The molecule has 1 aromatic heterocycles. The second-order valence-electron chi connectivity index (χ2n) is 5.05. The molecule has 0 aliphatic heterocycles. The van der Waals surface area contributed by atoms with Crippen LogP contribution in [0.1, 0.15) is 5.56 Å². The van der Waals surface area contributed by atoms with Crippen LogP contribution in [-0.2, 0) is 6.42 Å². The summed E-state index contributed by atoms with van der Waals surface area (Å²) in [5, 5.41) is 6.83. The molecule has 0 radical (unpaired) electrons. The van der Waals surface area contributed by atoms with E-state index in [9.17, 15) is 0 Å². The number of benzene rings is 2. The lowest BCUT2D eigenvalue weighted by atomic mass is 10.1. The predicted octanol–water partition coefficient (Wildman–Crippen LogP) is 4.53. The van der Waals surface area contributed by atoms with Crippen LogP contribution in [0.15, 0.2) is 66.7 Å². The van der Waals surface area contributed by atoms with Crippen LogP contribution in [0.2, 0.25) is 5.15 Å². The lowest BCUT2D eigenvalue weighted by molar-refractivity contribution is 0.985. The third-order valence-corrected chi connectivity index (χ3v) is 3.47. The number of hydrogen-bond donors (Lipinski definition) is 2. The van der Waals surface area contributed by atoms with Crippen LogP contribution in [0.4, 0.5) is 17.5 Å². The Balaban J connectivity index is 1.63. The molecule has 0 amide bonds. The summed E-state index contributed by atoms with van der Waals surface area (Å²) in [5.41, 5.74) is 2.22. The summed E-state index contributed by atoms with van der Waals surface area (Å²) in [7, 11) is 0. The second-order valence-corrected chi connectivity index (χ2v) is 5.44. The van der Waals surface area contributed by atoms with Gasteiger partial charge in [-0.05, 0) is 24.1 Å². The van der Waals surface area contributed by atoms with E-state index in [0.29, 0.717) is 16.9 Å². The first-order valence-corrected chi connectivity index (χ1v) is 7.82. The van der Waals surface area contributed by atoms with Crippen molar-refractivity contribution >= 4 is 29.1 Å². The maximum absolute atomic E-state index is 6.08. The third kappa shape index (κ3) is 4.69. The van der Waals surface area contributed by atoms with E-state index in [1.54, 1.807) is 6.07 Å². The molecule has 0 atom stereocenters. The van der Waals surface area contributed by atoms with Gasteiger partial charge in [0.25, 0.3) is 0 Å². The van der Waals surface area contributed by atoms with E-state index in [0.717, 1.165) is 18.7 Å². The summed E-state index contributed by atoms with van der Waals surface area (Å²) >= 11 is 6.08. The highest BCUT2D eigenvalue weighted by Gasteiger charge is 2.03. The Labute approximate surface area is 140 Å². The normalized spacial score (nSPS) is 10.3. The number of nitrogens with one attached hydrogen (secondary N) is 2. The van der Waals surface area contributed by atoms with E-state index in [4.69, 9.17) is 11.6 Å². The maximum atomic E-state index is 6.08. The average Bonchev–Trinajstić information content (AvgIpc) is 2.56. The van der Waals surface area contributed by atoms with Gasteiger partial charge >= 0.3 is 0 Å². The van der Waals surface area contributed by atoms with Crippen molar-refractivity contribution in [2.75, 3.05) is 17.2 Å². The molecule has 0 spiro atoms. The van der Waals surface area contributed by atoms with E-state index in [1.807, 2.05) is 48.5 Å². The minimum Gasteiger partial charge on any atom is -0.354 e. The van der Waals surface area contributed by atoms with Crippen molar-refractivity contribution < 1.29 is 0 Å². The van der Waals surface area contributed by atoms with Gasteiger partial charge in [0.1, 0.15) is 11.0 Å². The Hall–Kier alpha value is -2.59. The molecule has 3 aromatic rings. The van der Waals surface area contributed by atoms with Crippen molar-refractivity contribution in [1.29, 1.82) is 0 Å². The quantitative estimate of drug-likeness (QED) is 0.654. The molecule has 0 saturated carbocycles. The Morgan fingerprint density at radius 2 is 1.57 bits per heavy atom. The van der Waals surface area contributed by atoms with Crippen molar-refractivity contribution in [3.05, 3.63) is 77.4 Å². The number of hydrogen-bond acceptors (Lipinski definition) is 4. The summed E-state index contributed by atoms with van der Waals surface area (Å²) in [6.45, 7) is 0.745. The molecule has 2 aromatic carbocycles. The number of halogens is 1. The fourth-order valence-electron chi connectivity index (χ4n) is 2.19. The van der Waals surface area contributed by atoms with E-state index >= 15 is 0 Å². The minimum absolute atomic E-state index is 0.403.